The number of nitrogens with zero attached hydrogens (tertiary/aromatic N) is 4. The maximum atomic E-state index is 12.7. The van der Waals surface area contributed by atoms with Gasteiger partial charge in [-0.3, -0.25) is 14.8 Å². The van der Waals surface area contributed by atoms with Gasteiger partial charge in [-0.25, -0.2) is 17.9 Å². The molecule has 4 aliphatic rings. The van der Waals surface area contributed by atoms with E-state index in [1.54, 1.807) is 0 Å². The highest BCUT2D eigenvalue weighted by Crippen LogP contribution is 2.41. The molecule has 10 rings (SSSR count). The van der Waals surface area contributed by atoms with Gasteiger partial charge in [-0.15, -0.1) is 0 Å². The normalized spacial score (nSPS) is 17.5. The molecule has 0 aliphatic heterocycles. The van der Waals surface area contributed by atoms with Crippen LogP contribution in [0.1, 0.15) is 156 Å². The Morgan fingerprint density at radius 2 is 1.08 bits per heavy atom. The zero-order chi connectivity index (χ0) is 42.8. The number of aromatic nitrogens is 4. The Balaban J connectivity index is 0.000000159. The molecular weight excluding hydrogens is 795 g/mol. The molecule has 11 heteroatoms. The van der Waals surface area contributed by atoms with Crippen LogP contribution in [0.3, 0.4) is 0 Å². The number of carboxylic acid groups (broad SMARTS) is 1. The van der Waals surface area contributed by atoms with Crippen molar-refractivity contribution >= 4 is 43.7 Å². The van der Waals surface area contributed by atoms with Crippen LogP contribution >= 0.6 is 0 Å². The van der Waals surface area contributed by atoms with Gasteiger partial charge in [0.1, 0.15) is 0 Å². The molecule has 4 saturated carbocycles. The Labute approximate surface area is 365 Å². The van der Waals surface area contributed by atoms with Gasteiger partial charge >= 0.3 is 5.97 Å². The highest BCUT2D eigenvalue weighted by Gasteiger charge is 2.28. The molecule has 0 saturated heterocycles. The molecule has 1 amide bonds. The topological polar surface area (TPSA) is 136 Å². The quantitative estimate of drug-likeness (QED) is 0.118. The summed E-state index contributed by atoms with van der Waals surface area (Å²) in [7, 11) is -3.65. The number of sulfonamides is 1. The number of rotatable bonds is 13. The van der Waals surface area contributed by atoms with Gasteiger partial charge < -0.3 is 14.2 Å². The van der Waals surface area contributed by atoms with E-state index in [0.717, 1.165) is 79.1 Å². The molecule has 2 aromatic carbocycles. The minimum absolute atomic E-state index is 0.347. The molecule has 0 atom stereocenters. The second kappa shape index (κ2) is 18.2. The Morgan fingerprint density at radius 1 is 0.629 bits per heavy atom. The molecule has 4 aliphatic carbocycles. The fourth-order valence-corrected chi connectivity index (χ4v) is 10.4. The van der Waals surface area contributed by atoms with Gasteiger partial charge in [-0.1, -0.05) is 50.7 Å². The first-order valence-electron chi connectivity index (χ1n) is 22.9. The van der Waals surface area contributed by atoms with E-state index in [9.17, 15) is 23.1 Å². The summed E-state index contributed by atoms with van der Waals surface area (Å²) >= 11 is 0. The predicted molar refractivity (Wildman–Crippen MR) is 244 cm³/mol. The highest BCUT2D eigenvalue weighted by molar-refractivity contribution is 7.89. The molecule has 6 aromatic rings. The maximum absolute atomic E-state index is 12.7. The van der Waals surface area contributed by atoms with Gasteiger partial charge in [0, 0.05) is 61.8 Å². The zero-order valence-corrected chi connectivity index (χ0v) is 36.7. The Morgan fingerprint density at radius 3 is 1.52 bits per heavy atom. The number of fused-ring (bicyclic) bond motifs is 2. The fraction of sp³-hybridized carbons (Fsp3) is 0.451. The van der Waals surface area contributed by atoms with Crippen LogP contribution in [0.15, 0.2) is 85.5 Å². The summed E-state index contributed by atoms with van der Waals surface area (Å²) in [5, 5.41) is 12.1. The van der Waals surface area contributed by atoms with E-state index in [-0.39, 0.29) is 0 Å². The van der Waals surface area contributed by atoms with Crippen LogP contribution in [0.25, 0.3) is 21.8 Å². The summed E-state index contributed by atoms with van der Waals surface area (Å²) in [4.78, 5) is 33.6. The van der Waals surface area contributed by atoms with Gasteiger partial charge in [-0.2, -0.15) is 0 Å². The largest absolute Gasteiger partial charge is 0.478 e. The van der Waals surface area contributed by atoms with Crippen LogP contribution in [0.2, 0.25) is 0 Å². The SMILES string of the molecule is CS(=O)(=O)NC(=O)c1cc(C2CC2)cnc1Cc1ccc2c(ccn2CC2CCCCC2)c1.O=C(O)c1cc(C2CC2)cnc1Cc1ccc2c(ccn2CC2CCCCC2)c1. The van der Waals surface area contributed by atoms with Crippen LogP contribution in [0.4, 0.5) is 0 Å². The summed E-state index contributed by atoms with van der Waals surface area (Å²) in [5.74, 6) is 1.01. The lowest BCUT2D eigenvalue weighted by molar-refractivity contribution is 0.0694. The lowest BCUT2D eigenvalue weighted by atomic mass is 9.89. The van der Waals surface area contributed by atoms with E-state index in [4.69, 9.17) is 0 Å². The summed E-state index contributed by atoms with van der Waals surface area (Å²) in [6.45, 7) is 2.18. The van der Waals surface area contributed by atoms with Crippen molar-refractivity contribution in [3.05, 3.63) is 130 Å². The van der Waals surface area contributed by atoms with Crippen molar-refractivity contribution in [3.8, 4) is 0 Å². The number of aromatic carboxylic acids is 1. The molecule has 62 heavy (non-hydrogen) atoms. The summed E-state index contributed by atoms with van der Waals surface area (Å²) < 4.78 is 30.2. The Hall–Kier alpha value is -5.29. The molecule has 324 valence electrons. The monoisotopic (exact) mass is 853 g/mol. The van der Waals surface area contributed by atoms with Crippen molar-refractivity contribution in [1.82, 2.24) is 23.8 Å². The third-order valence-corrected chi connectivity index (χ3v) is 14.2. The van der Waals surface area contributed by atoms with Gasteiger partial charge in [0.2, 0.25) is 10.0 Å². The van der Waals surface area contributed by atoms with Crippen LogP contribution in [0.5, 0.6) is 0 Å². The van der Waals surface area contributed by atoms with E-state index in [1.807, 2.05) is 24.5 Å². The number of carbonyl (C=O) groups excluding carboxylic acids is 1. The van der Waals surface area contributed by atoms with E-state index < -0.39 is 21.9 Å². The number of amides is 1. The molecule has 0 bridgehead atoms. The van der Waals surface area contributed by atoms with Crippen LogP contribution in [0, 0.1) is 11.8 Å². The number of nitrogens with one attached hydrogen (secondary N) is 1. The van der Waals surface area contributed by atoms with Gasteiger partial charge in [-0.05, 0) is 157 Å². The smallest absolute Gasteiger partial charge is 0.337 e. The third-order valence-electron chi connectivity index (χ3n) is 13.6. The lowest BCUT2D eigenvalue weighted by Gasteiger charge is -2.22. The number of carbonyl (C=O) groups is 2. The van der Waals surface area contributed by atoms with Crippen molar-refractivity contribution in [2.45, 2.75) is 128 Å². The zero-order valence-electron chi connectivity index (χ0n) is 35.9. The first-order valence-corrected chi connectivity index (χ1v) is 24.8. The van der Waals surface area contributed by atoms with Crippen LogP contribution in [-0.2, 0) is 36.0 Å². The fourth-order valence-electron chi connectivity index (χ4n) is 9.91. The first kappa shape index (κ1) is 42.0. The number of pyridine rings is 2. The van der Waals surface area contributed by atoms with Crippen molar-refractivity contribution < 1.29 is 23.1 Å². The number of hydrogen-bond acceptors (Lipinski definition) is 6. The maximum Gasteiger partial charge on any atom is 0.337 e. The molecule has 0 spiro atoms. The molecule has 4 heterocycles. The molecule has 2 N–H and O–H groups in total. The number of benzene rings is 2. The predicted octanol–water partition coefficient (Wildman–Crippen LogP) is 10.6. The summed E-state index contributed by atoms with van der Waals surface area (Å²) in [6, 6.07) is 20.9. The van der Waals surface area contributed by atoms with E-state index in [2.05, 4.69) is 84.7 Å². The molecule has 10 nitrogen and oxygen atoms in total. The average molecular weight is 854 g/mol. The number of carboxylic acids is 1. The van der Waals surface area contributed by atoms with Gasteiger partial charge in [0.15, 0.2) is 0 Å². The second-order valence-electron chi connectivity index (χ2n) is 18.7. The molecule has 4 aromatic heterocycles. The second-order valence-corrected chi connectivity index (χ2v) is 20.4. The van der Waals surface area contributed by atoms with Crippen molar-refractivity contribution in [1.29, 1.82) is 0 Å². The van der Waals surface area contributed by atoms with Crippen LogP contribution in [-0.4, -0.2) is 50.8 Å². The minimum Gasteiger partial charge on any atom is -0.478 e. The highest BCUT2D eigenvalue weighted by atomic mass is 32.2. The number of hydrogen-bond donors (Lipinski definition) is 2. The molecule has 4 fully saturated rings. The minimum atomic E-state index is -3.65. The van der Waals surface area contributed by atoms with Crippen molar-refractivity contribution in [3.63, 3.8) is 0 Å². The summed E-state index contributed by atoms with van der Waals surface area (Å²) in [6.07, 6.45) is 28.1. The van der Waals surface area contributed by atoms with E-state index in [0.29, 0.717) is 47.2 Å². The van der Waals surface area contributed by atoms with Crippen molar-refractivity contribution in [2.75, 3.05) is 6.26 Å². The van der Waals surface area contributed by atoms with Crippen LogP contribution < -0.4 is 4.72 Å². The van der Waals surface area contributed by atoms with Gasteiger partial charge in [0.05, 0.1) is 28.8 Å². The molecular formula is C51H59N5O5S. The molecule has 0 radical (unpaired) electrons. The Bertz CT molecular complexity index is 2700. The molecule has 0 unspecified atom stereocenters. The van der Waals surface area contributed by atoms with Gasteiger partial charge in [0.25, 0.3) is 5.91 Å². The lowest BCUT2D eigenvalue weighted by Crippen LogP contribution is -2.30. The third kappa shape index (κ3) is 10.3. The van der Waals surface area contributed by atoms with E-state index in [1.165, 1.54) is 86.0 Å². The first-order chi connectivity index (χ1) is 30.0. The average Bonchev–Trinajstić information content (AvgIpc) is 4.21. The summed E-state index contributed by atoms with van der Waals surface area (Å²) in [5.41, 5.74) is 8.70. The standard InChI is InChI=1S/C26H31N3O3S.C25H28N2O2/c1-33(31,32)28-26(30)23-15-22(20-8-9-20)16-27-24(23)14-19-7-10-25-21(13-19)11-12-29(25)17-18-5-3-2-4-6-18;28-25(29)22-14-21(19-7-8-19)15-26-23(22)13-18-6-9-24-20(12-18)10-11-27(24)16-17-4-2-1-3-5-17/h7,10-13,15-16,18,20H,2-6,8-9,14,17H2,1H3,(H,28,30);6,9-12,14-15,17,19H,1-5,7-8,13,16H2,(H,28,29). The Kier molecular flexibility index (Phi) is 12.3. The van der Waals surface area contributed by atoms with E-state index >= 15 is 0 Å². The van der Waals surface area contributed by atoms with Crippen molar-refractivity contribution in [2.24, 2.45) is 11.8 Å².